The highest BCUT2D eigenvalue weighted by Gasteiger charge is 2.55. The van der Waals surface area contributed by atoms with Gasteiger partial charge in [-0.15, -0.1) is 13.2 Å². The van der Waals surface area contributed by atoms with Crippen molar-refractivity contribution in [3.05, 3.63) is 53.6 Å². The zero-order chi connectivity index (χ0) is 20.9. The van der Waals surface area contributed by atoms with Gasteiger partial charge in [0, 0.05) is 18.5 Å². The molecule has 1 unspecified atom stereocenters. The molecular formula is C21H22F3NO4. The van der Waals surface area contributed by atoms with Gasteiger partial charge in [-0.1, -0.05) is 25.1 Å². The maximum absolute atomic E-state index is 12.5. The summed E-state index contributed by atoms with van der Waals surface area (Å²) in [7, 11) is 1.95. The minimum absolute atomic E-state index is 0.332. The van der Waals surface area contributed by atoms with Crippen molar-refractivity contribution < 1.29 is 32.5 Å². The number of hydrogen-bond acceptors (Lipinski definition) is 5. The predicted molar refractivity (Wildman–Crippen MR) is 99.2 cm³/mol. The molecule has 1 fully saturated rings. The van der Waals surface area contributed by atoms with Gasteiger partial charge in [-0.2, -0.15) is 0 Å². The van der Waals surface area contributed by atoms with Gasteiger partial charge in [0.1, 0.15) is 24.6 Å². The number of rotatable bonds is 4. The third kappa shape index (κ3) is 3.51. The molecule has 156 valence electrons. The Hall–Kier alpha value is -2.45. The Balaban J connectivity index is 1.76. The second-order valence-corrected chi connectivity index (χ2v) is 7.87. The van der Waals surface area contributed by atoms with Gasteiger partial charge in [0.05, 0.1) is 0 Å². The average molecular weight is 409 g/mol. The van der Waals surface area contributed by atoms with Crippen LogP contribution in [0.25, 0.3) is 0 Å². The van der Waals surface area contributed by atoms with Gasteiger partial charge in [0.2, 0.25) is 0 Å². The third-order valence-corrected chi connectivity index (χ3v) is 5.58. The van der Waals surface area contributed by atoms with Gasteiger partial charge in [0.15, 0.2) is 11.5 Å². The van der Waals surface area contributed by atoms with Crippen molar-refractivity contribution in [2.75, 3.05) is 33.4 Å². The average Bonchev–Trinajstić information content (AvgIpc) is 2.65. The Labute approximate surface area is 166 Å². The van der Waals surface area contributed by atoms with Crippen molar-refractivity contribution >= 4 is 0 Å². The van der Waals surface area contributed by atoms with Crippen LogP contribution in [-0.4, -0.2) is 49.7 Å². The van der Waals surface area contributed by atoms with Crippen molar-refractivity contribution in [2.45, 2.75) is 18.9 Å². The molecule has 29 heavy (non-hydrogen) atoms. The second kappa shape index (κ2) is 6.81. The normalized spacial score (nSPS) is 20.5. The Morgan fingerprint density at radius 1 is 0.966 bits per heavy atom. The molecule has 2 heterocycles. The molecule has 0 spiro atoms. The number of halogens is 3. The Morgan fingerprint density at radius 2 is 1.55 bits per heavy atom. The van der Waals surface area contributed by atoms with Crippen LogP contribution in [0.5, 0.6) is 17.2 Å². The van der Waals surface area contributed by atoms with E-state index in [0.717, 1.165) is 0 Å². The molecule has 0 saturated carbocycles. The third-order valence-electron chi connectivity index (χ3n) is 5.58. The fraction of sp³-hybridized carbons (Fsp3) is 0.429. The summed E-state index contributed by atoms with van der Waals surface area (Å²) < 4.78 is 52.7. The van der Waals surface area contributed by atoms with Gasteiger partial charge >= 0.3 is 6.36 Å². The van der Waals surface area contributed by atoms with Gasteiger partial charge in [-0.3, -0.25) is 0 Å². The van der Waals surface area contributed by atoms with Crippen LogP contribution in [0.3, 0.4) is 0 Å². The number of likely N-dealkylation sites (tertiary alicyclic amines) is 1. The summed E-state index contributed by atoms with van der Waals surface area (Å²) in [6, 6.07) is 10.7. The molecule has 0 amide bonds. The van der Waals surface area contributed by atoms with Crippen LogP contribution in [0.15, 0.2) is 42.5 Å². The van der Waals surface area contributed by atoms with Gasteiger partial charge < -0.3 is 24.2 Å². The van der Waals surface area contributed by atoms with Crippen molar-refractivity contribution in [3.63, 3.8) is 0 Å². The summed E-state index contributed by atoms with van der Waals surface area (Å²) in [6.45, 7) is 4.08. The zero-order valence-corrected chi connectivity index (χ0v) is 16.1. The van der Waals surface area contributed by atoms with Crippen LogP contribution in [0, 0.1) is 5.41 Å². The van der Waals surface area contributed by atoms with Crippen LogP contribution in [0.4, 0.5) is 13.2 Å². The fourth-order valence-corrected chi connectivity index (χ4v) is 4.40. The largest absolute Gasteiger partial charge is 0.573 e. The molecule has 1 N–H and O–H groups in total. The number of ether oxygens (including phenoxy) is 3. The topological polar surface area (TPSA) is 51.2 Å². The van der Waals surface area contributed by atoms with E-state index in [1.54, 1.807) is 18.2 Å². The SMILES string of the molecule is CN1CC(C)(C(O)(c2ccc(OC(F)(F)F)cc2)c2ccc3c(c2)OCCO3)C1. The molecule has 0 bridgehead atoms. The highest BCUT2D eigenvalue weighted by atomic mass is 19.4. The van der Waals surface area contributed by atoms with Crippen molar-refractivity contribution in [3.8, 4) is 17.2 Å². The molecule has 2 aliphatic rings. The quantitative estimate of drug-likeness (QED) is 0.837. The Morgan fingerprint density at radius 3 is 2.14 bits per heavy atom. The molecule has 0 aromatic heterocycles. The zero-order valence-electron chi connectivity index (χ0n) is 16.1. The van der Waals surface area contributed by atoms with Gasteiger partial charge in [-0.25, -0.2) is 0 Å². The lowest BCUT2D eigenvalue weighted by Gasteiger charge is -2.56. The van der Waals surface area contributed by atoms with Crippen LogP contribution in [0.2, 0.25) is 0 Å². The summed E-state index contributed by atoms with van der Waals surface area (Å²) in [5.41, 5.74) is -0.898. The van der Waals surface area contributed by atoms with Crippen LogP contribution < -0.4 is 14.2 Å². The van der Waals surface area contributed by atoms with Crippen LogP contribution >= 0.6 is 0 Å². The molecule has 0 radical (unpaired) electrons. The number of fused-ring (bicyclic) bond motifs is 1. The molecule has 0 aliphatic carbocycles. The summed E-state index contributed by atoms with van der Waals surface area (Å²) in [5.74, 6) is 0.814. The lowest BCUT2D eigenvalue weighted by atomic mass is 9.62. The minimum Gasteiger partial charge on any atom is -0.486 e. The van der Waals surface area contributed by atoms with E-state index >= 15 is 0 Å². The van der Waals surface area contributed by atoms with E-state index in [2.05, 4.69) is 9.64 Å². The smallest absolute Gasteiger partial charge is 0.486 e. The van der Waals surface area contributed by atoms with Crippen molar-refractivity contribution in [1.82, 2.24) is 4.90 Å². The van der Waals surface area contributed by atoms with Crippen LogP contribution in [-0.2, 0) is 5.60 Å². The summed E-state index contributed by atoms with van der Waals surface area (Å²) in [6.07, 6.45) is -4.77. The predicted octanol–water partition coefficient (Wildman–Crippen LogP) is 3.54. The first-order valence-electron chi connectivity index (χ1n) is 9.28. The van der Waals surface area contributed by atoms with Gasteiger partial charge in [-0.05, 0) is 42.4 Å². The molecule has 1 saturated heterocycles. The van der Waals surface area contributed by atoms with Gasteiger partial charge in [0.25, 0.3) is 0 Å². The fourth-order valence-electron chi connectivity index (χ4n) is 4.40. The monoisotopic (exact) mass is 409 g/mol. The van der Waals surface area contributed by atoms with Crippen LogP contribution in [0.1, 0.15) is 18.1 Å². The molecule has 2 aromatic carbocycles. The first-order valence-corrected chi connectivity index (χ1v) is 9.28. The van der Waals surface area contributed by atoms with E-state index in [4.69, 9.17) is 9.47 Å². The maximum atomic E-state index is 12.5. The minimum atomic E-state index is -4.77. The molecule has 2 aromatic rings. The van der Waals surface area contributed by atoms with Crippen molar-refractivity contribution in [1.29, 1.82) is 0 Å². The Kier molecular flexibility index (Phi) is 4.66. The van der Waals surface area contributed by atoms with E-state index in [9.17, 15) is 18.3 Å². The molecule has 8 heteroatoms. The molecule has 2 aliphatic heterocycles. The van der Waals surface area contributed by atoms with Crippen molar-refractivity contribution in [2.24, 2.45) is 5.41 Å². The Bertz CT molecular complexity index is 894. The number of alkyl halides is 3. The highest BCUT2D eigenvalue weighted by Crippen LogP contribution is 2.51. The first kappa shape index (κ1) is 19.8. The number of aliphatic hydroxyl groups is 1. The number of hydrogen-bond donors (Lipinski definition) is 1. The van der Waals surface area contributed by atoms with E-state index < -0.39 is 17.4 Å². The lowest BCUT2D eigenvalue weighted by molar-refractivity contribution is -0.274. The van der Waals surface area contributed by atoms with E-state index in [1.807, 2.05) is 14.0 Å². The highest BCUT2D eigenvalue weighted by molar-refractivity contribution is 5.50. The van der Waals surface area contributed by atoms with E-state index in [0.29, 0.717) is 48.9 Å². The summed E-state index contributed by atoms with van der Waals surface area (Å²) in [5, 5.41) is 12.0. The second-order valence-electron chi connectivity index (χ2n) is 7.87. The molecule has 4 rings (SSSR count). The number of nitrogens with zero attached hydrogens (tertiary/aromatic N) is 1. The molecule has 1 atom stereocenters. The van der Waals surface area contributed by atoms with E-state index in [-0.39, 0.29) is 5.75 Å². The summed E-state index contributed by atoms with van der Waals surface area (Å²) >= 11 is 0. The first-order chi connectivity index (χ1) is 13.6. The maximum Gasteiger partial charge on any atom is 0.573 e. The van der Waals surface area contributed by atoms with E-state index in [1.165, 1.54) is 24.3 Å². The standard InChI is InChI=1S/C21H22F3NO4/c1-19(12-25(2)13-19)20(26,14-3-6-16(7-4-14)29-21(22,23)24)15-5-8-17-18(11-15)28-10-9-27-17/h3-8,11,26H,9-10,12-13H2,1-2H3. The number of benzene rings is 2. The summed E-state index contributed by atoms with van der Waals surface area (Å²) in [4.78, 5) is 2.07. The molecule has 5 nitrogen and oxygen atoms in total. The lowest BCUT2D eigenvalue weighted by Crippen LogP contribution is -2.63. The molecular weight excluding hydrogens is 387 g/mol.